The van der Waals surface area contributed by atoms with Crippen LogP contribution in [0.2, 0.25) is 0 Å². The van der Waals surface area contributed by atoms with Crippen molar-refractivity contribution in [1.82, 2.24) is 5.32 Å². The topological polar surface area (TPSA) is 32.3 Å². The monoisotopic (exact) mass is 241 g/mol. The van der Waals surface area contributed by atoms with Gasteiger partial charge in [0.1, 0.15) is 0 Å². The smallest absolute Gasteiger partial charge is 0.0434 e. The fourth-order valence-electron chi connectivity index (χ4n) is 2.96. The van der Waals surface area contributed by atoms with Crippen molar-refractivity contribution in [3.05, 3.63) is 0 Å². The van der Waals surface area contributed by atoms with E-state index in [-0.39, 0.29) is 0 Å². The minimum Gasteiger partial charge on any atom is -0.396 e. The molecular formula is C15H31NO. The maximum absolute atomic E-state index is 9.05. The van der Waals surface area contributed by atoms with Gasteiger partial charge in [0.25, 0.3) is 0 Å². The summed E-state index contributed by atoms with van der Waals surface area (Å²) in [6, 6.07) is 0.734. The van der Waals surface area contributed by atoms with Crippen molar-refractivity contribution in [3.8, 4) is 0 Å². The summed E-state index contributed by atoms with van der Waals surface area (Å²) >= 11 is 0. The average molecular weight is 241 g/mol. The molecule has 1 aliphatic carbocycles. The van der Waals surface area contributed by atoms with Crippen molar-refractivity contribution in [3.63, 3.8) is 0 Å². The Kier molecular flexibility index (Phi) is 7.87. The third-order valence-electron chi connectivity index (χ3n) is 4.19. The molecule has 3 unspecified atom stereocenters. The number of hydrogen-bond acceptors (Lipinski definition) is 2. The highest BCUT2D eigenvalue weighted by Gasteiger charge is 2.17. The molecule has 0 aromatic heterocycles. The van der Waals surface area contributed by atoms with Crippen molar-refractivity contribution < 1.29 is 5.11 Å². The largest absolute Gasteiger partial charge is 0.396 e. The summed E-state index contributed by atoms with van der Waals surface area (Å²) in [4.78, 5) is 0. The van der Waals surface area contributed by atoms with Gasteiger partial charge in [-0.15, -0.1) is 0 Å². The van der Waals surface area contributed by atoms with Crippen molar-refractivity contribution in [1.29, 1.82) is 0 Å². The van der Waals surface area contributed by atoms with Gasteiger partial charge < -0.3 is 10.4 Å². The zero-order valence-electron chi connectivity index (χ0n) is 11.8. The first-order chi connectivity index (χ1) is 8.26. The van der Waals surface area contributed by atoms with E-state index in [9.17, 15) is 0 Å². The van der Waals surface area contributed by atoms with Gasteiger partial charge in [0.2, 0.25) is 0 Å². The van der Waals surface area contributed by atoms with Crippen LogP contribution in [0.15, 0.2) is 0 Å². The molecule has 1 aliphatic rings. The van der Waals surface area contributed by atoms with Gasteiger partial charge in [-0.25, -0.2) is 0 Å². The van der Waals surface area contributed by atoms with Crippen LogP contribution >= 0.6 is 0 Å². The van der Waals surface area contributed by atoms with E-state index in [2.05, 4.69) is 19.2 Å². The number of rotatable bonds is 7. The Morgan fingerprint density at radius 3 is 2.71 bits per heavy atom. The van der Waals surface area contributed by atoms with E-state index >= 15 is 0 Å². The lowest BCUT2D eigenvalue weighted by Gasteiger charge is -2.21. The molecule has 2 nitrogen and oxygen atoms in total. The molecule has 17 heavy (non-hydrogen) atoms. The number of nitrogens with one attached hydrogen (secondary N) is 1. The van der Waals surface area contributed by atoms with Crippen molar-refractivity contribution in [2.75, 3.05) is 13.2 Å². The molecule has 0 radical (unpaired) electrons. The number of aliphatic hydroxyl groups is 1. The highest BCUT2D eigenvalue weighted by Crippen LogP contribution is 2.23. The van der Waals surface area contributed by atoms with Gasteiger partial charge in [-0.05, 0) is 50.5 Å². The first-order valence-corrected chi connectivity index (χ1v) is 7.60. The van der Waals surface area contributed by atoms with E-state index in [0.717, 1.165) is 24.9 Å². The Morgan fingerprint density at radius 2 is 2.00 bits per heavy atom. The maximum atomic E-state index is 9.05. The van der Waals surface area contributed by atoms with E-state index in [0.29, 0.717) is 12.5 Å². The third kappa shape index (κ3) is 6.42. The second-order valence-corrected chi connectivity index (χ2v) is 5.89. The fourth-order valence-corrected chi connectivity index (χ4v) is 2.96. The first-order valence-electron chi connectivity index (χ1n) is 7.60. The summed E-state index contributed by atoms with van der Waals surface area (Å²) in [5, 5.41) is 12.8. The number of aliphatic hydroxyl groups excluding tert-OH is 1. The molecule has 3 atom stereocenters. The minimum atomic E-state index is 0.341. The molecule has 1 fully saturated rings. The van der Waals surface area contributed by atoms with Crippen molar-refractivity contribution >= 4 is 0 Å². The average Bonchev–Trinajstić information content (AvgIpc) is 2.52. The molecule has 0 aromatic rings. The lowest BCUT2D eigenvalue weighted by molar-refractivity contribution is 0.243. The second-order valence-electron chi connectivity index (χ2n) is 5.89. The molecule has 0 saturated heterocycles. The van der Waals surface area contributed by atoms with Crippen LogP contribution in [0.4, 0.5) is 0 Å². The SMILES string of the molecule is CCCC(CCO)CNC1CCCC(C)CC1. The minimum absolute atomic E-state index is 0.341. The second kappa shape index (κ2) is 8.93. The van der Waals surface area contributed by atoms with Crippen molar-refractivity contribution in [2.24, 2.45) is 11.8 Å². The predicted octanol–water partition coefficient (Wildman–Crippen LogP) is 3.34. The summed E-state index contributed by atoms with van der Waals surface area (Å²) in [7, 11) is 0. The summed E-state index contributed by atoms with van der Waals surface area (Å²) in [6.45, 7) is 6.06. The zero-order valence-corrected chi connectivity index (χ0v) is 11.8. The Morgan fingerprint density at radius 1 is 1.18 bits per heavy atom. The molecular weight excluding hydrogens is 210 g/mol. The van der Waals surface area contributed by atoms with Gasteiger partial charge in [-0.3, -0.25) is 0 Å². The lowest BCUT2D eigenvalue weighted by atomic mass is 9.99. The van der Waals surface area contributed by atoms with Crippen LogP contribution in [0.5, 0.6) is 0 Å². The van der Waals surface area contributed by atoms with Crippen LogP contribution < -0.4 is 5.32 Å². The third-order valence-corrected chi connectivity index (χ3v) is 4.19. The summed E-state index contributed by atoms with van der Waals surface area (Å²) in [6.07, 6.45) is 10.3. The molecule has 2 heteroatoms. The molecule has 0 heterocycles. The van der Waals surface area contributed by atoms with Crippen LogP contribution in [-0.4, -0.2) is 24.3 Å². The van der Waals surface area contributed by atoms with E-state index in [1.165, 1.54) is 44.9 Å². The molecule has 102 valence electrons. The Bertz CT molecular complexity index is 178. The van der Waals surface area contributed by atoms with Gasteiger partial charge in [0, 0.05) is 12.6 Å². The van der Waals surface area contributed by atoms with Gasteiger partial charge in [-0.2, -0.15) is 0 Å². The predicted molar refractivity (Wildman–Crippen MR) is 74.1 cm³/mol. The quantitative estimate of drug-likeness (QED) is 0.670. The van der Waals surface area contributed by atoms with Gasteiger partial charge >= 0.3 is 0 Å². The van der Waals surface area contributed by atoms with E-state index in [1.54, 1.807) is 0 Å². The molecule has 2 N–H and O–H groups in total. The Labute approximate surface area is 107 Å². The molecule has 0 bridgehead atoms. The van der Waals surface area contributed by atoms with Crippen molar-refractivity contribution in [2.45, 2.75) is 71.3 Å². The molecule has 0 spiro atoms. The van der Waals surface area contributed by atoms with E-state index < -0.39 is 0 Å². The van der Waals surface area contributed by atoms with Gasteiger partial charge in [0.15, 0.2) is 0 Å². The Balaban J connectivity index is 2.22. The highest BCUT2D eigenvalue weighted by molar-refractivity contribution is 4.75. The molecule has 0 amide bonds. The Hall–Kier alpha value is -0.0800. The zero-order chi connectivity index (χ0) is 12.5. The van der Waals surface area contributed by atoms with Crippen LogP contribution in [0.25, 0.3) is 0 Å². The van der Waals surface area contributed by atoms with Crippen LogP contribution in [0, 0.1) is 11.8 Å². The standard InChI is InChI=1S/C15H31NO/c1-3-5-14(10-11-17)12-16-15-7-4-6-13(2)8-9-15/h13-17H,3-12H2,1-2H3. The fraction of sp³-hybridized carbons (Fsp3) is 1.00. The molecule has 1 saturated carbocycles. The lowest BCUT2D eigenvalue weighted by Crippen LogP contribution is -2.33. The normalized spacial score (nSPS) is 27.7. The molecule has 0 aliphatic heterocycles. The molecule has 0 aromatic carbocycles. The van der Waals surface area contributed by atoms with Crippen LogP contribution in [0.3, 0.4) is 0 Å². The maximum Gasteiger partial charge on any atom is 0.0434 e. The van der Waals surface area contributed by atoms with Gasteiger partial charge in [-0.1, -0.05) is 33.1 Å². The van der Waals surface area contributed by atoms with E-state index in [1.807, 2.05) is 0 Å². The van der Waals surface area contributed by atoms with E-state index in [4.69, 9.17) is 5.11 Å². The number of hydrogen-bond donors (Lipinski definition) is 2. The summed E-state index contributed by atoms with van der Waals surface area (Å²) < 4.78 is 0. The van der Waals surface area contributed by atoms with Crippen LogP contribution in [0.1, 0.15) is 65.2 Å². The molecule has 1 rings (SSSR count). The van der Waals surface area contributed by atoms with Crippen LogP contribution in [-0.2, 0) is 0 Å². The summed E-state index contributed by atoms with van der Waals surface area (Å²) in [5.41, 5.74) is 0. The first kappa shape index (κ1) is 15.0. The summed E-state index contributed by atoms with van der Waals surface area (Å²) in [5.74, 6) is 1.59. The highest BCUT2D eigenvalue weighted by atomic mass is 16.3. The van der Waals surface area contributed by atoms with Gasteiger partial charge in [0.05, 0.1) is 0 Å².